The number of imidazole rings is 1. The Morgan fingerprint density at radius 2 is 2.06 bits per heavy atom. The fourth-order valence-corrected chi connectivity index (χ4v) is 4.08. The average Bonchev–Trinajstić information content (AvgIpc) is 3.39. The Bertz CT molecular complexity index is 1180. The summed E-state index contributed by atoms with van der Waals surface area (Å²) >= 11 is 1.31. The molecule has 0 spiro atoms. The van der Waals surface area contributed by atoms with Crippen molar-refractivity contribution in [3.63, 3.8) is 0 Å². The maximum absolute atomic E-state index is 14.3. The number of anilines is 1. The molecule has 0 atom stereocenters. The topological polar surface area (TPSA) is 60.2 Å². The number of hydrogen-bond donors (Lipinski definition) is 0. The van der Waals surface area contributed by atoms with Crippen molar-refractivity contribution in [1.29, 1.82) is 0 Å². The summed E-state index contributed by atoms with van der Waals surface area (Å²) in [5, 5.41) is 0.442. The standard InChI is InChI=1S/C21H18F2N4O2S.ClH/c1-29-15-4-6-18-19(12-15)30-21(25-18)27(9-2-8-26-10-7-24-13-26)20(28)16-5-3-14(22)11-17(16)23;/h3-7,10-13H,2,8-9H2,1H3;1H. The van der Waals surface area contributed by atoms with Gasteiger partial charge in [0, 0.05) is 31.5 Å². The van der Waals surface area contributed by atoms with Gasteiger partial charge >= 0.3 is 0 Å². The first-order chi connectivity index (χ1) is 14.5. The Morgan fingerprint density at radius 1 is 1.23 bits per heavy atom. The van der Waals surface area contributed by atoms with Crippen molar-refractivity contribution in [3.8, 4) is 5.75 Å². The first kappa shape index (κ1) is 22.6. The summed E-state index contributed by atoms with van der Waals surface area (Å²) in [7, 11) is 1.58. The first-order valence-corrected chi connectivity index (χ1v) is 10.0. The molecule has 0 saturated heterocycles. The van der Waals surface area contributed by atoms with Crippen LogP contribution in [0, 0.1) is 11.6 Å². The number of rotatable bonds is 7. The van der Waals surface area contributed by atoms with E-state index in [1.807, 2.05) is 16.8 Å². The molecule has 0 aliphatic heterocycles. The third kappa shape index (κ3) is 5.00. The highest BCUT2D eigenvalue weighted by atomic mass is 35.5. The van der Waals surface area contributed by atoms with E-state index in [0.717, 1.165) is 16.8 Å². The number of hydrogen-bond acceptors (Lipinski definition) is 5. The Hall–Kier alpha value is -3.04. The summed E-state index contributed by atoms with van der Waals surface area (Å²) in [6.07, 6.45) is 5.80. The zero-order chi connectivity index (χ0) is 21.1. The van der Waals surface area contributed by atoms with Gasteiger partial charge in [-0.3, -0.25) is 9.69 Å². The SMILES string of the molecule is COc1ccc2nc(N(CCCn3ccnc3)C(=O)c3ccc(F)cc3F)sc2c1.Cl. The van der Waals surface area contributed by atoms with Crippen LogP contribution in [0.15, 0.2) is 55.1 Å². The van der Waals surface area contributed by atoms with Crippen LogP contribution in [0.2, 0.25) is 0 Å². The number of carbonyl (C=O) groups is 1. The van der Waals surface area contributed by atoms with E-state index in [4.69, 9.17) is 4.74 Å². The lowest BCUT2D eigenvalue weighted by molar-refractivity contribution is 0.0982. The summed E-state index contributed by atoms with van der Waals surface area (Å²) in [5.41, 5.74) is 0.513. The quantitative estimate of drug-likeness (QED) is 0.389. The van der Waals surface area contributed by atoms with Crippen LogP contribution < -0.4 is 9.64 Å². The van der Waals surface area contributed by atoms with Crippen LogP contribution in [0.4, 0.5) is 13.9 Å². The lowest BCUT2D eigenvalue weighted by Crippen LogP contribution is -2.33. The van der Waals surface area contributed by atoms with Crippen LogP contribution in [0.3, 0.4) is 0 Å². The number of halogens is 3. The Balaban J connectivity index is 0.00000272. The van der Waals surface area contributed by atoms with Gasteiger partial charge in [0.1, 0.15) is 17.4 Å². The van der Waals surface area contributed by atoms with Gasteiger partial charge in [0.2, 0.25) is 0 Å². The number of aryl methyl sites for hydroxylation is 1. The Morgan fingerprint density at radius 3 is 2.77 bits per heavy atom. The summed E-state index contributed by atoms with van der Waals surface area (Å²) in [6, 6.07) is 8.37. The molecule has 0 saturated carbocycles. The highest BCUT2D eigenvalue weighted by Gasteiger charge is 2.24. The van der Waals surface area contributed by atoms with Gasteiger partial charge in [-0.15, -0.1) is 12.4 Å². The molecule has 2 aromatic carbocycles. The van der Waals surface area contributed by atoms with E-state index >= 15 is 0 Å². The van der Waals surface area contributed by atoms with Crippen LogP contribution >= 0.6 is 23.7 Å². The predicted molar refractivity (Wildman–Crippen MR) is 118 cm³/mol. The third-order valence-corrected chi connectivity index (χ3v) is 5.62. The van der Waals surface area contributed by atoms with Crippen molar-refractivity contribution in [2.75, 3.05) is 18.6 Å². The normalized spacial score (nSPS) is 10.7. The molecule has 0 aliphatic rings. The monoisotopic (exact) mass is 464 g/mol. The molecule has 1 amide bonds. The summed E-state index contributed by atoms with van der Waals surface area (Å²) in [5.74, 6) is -1.52. The second-order valence-electron chi connectivity index (χ2n) is 6.57. The molecule has 0 aliphatic carbocycles. The zero-order valence-electron chi connectivity index (χ0n) is 16.5. The second kappa shape index (κ2) is 9.84. The number of ether oxygens (including phenoxy) is 1. The number of nitrogens with zero attached hydrogens (tertiary/aromatic N) is 4. The molecule has 6 nitrogen and oxygen atoms in total. The van der Waals surface area contributed by atoms with E-state index in [2.05, 4.69) is 9.97 Å². The van der Waals surface area contributed by atoms with Gasteiger partial charge in [-0.05, 0) is 36.8 Å². The number of thiazole rings is 1. The van der Waals surface area contributed by atoms with Gasteiger partial charge in [0.25, 0.3) is 5.91 Å². The molecular formula is C21H19ClF2N4O2S. The van der Waals surface area contributed by atoms with E-state index in [1.54, 1.807) is 31.8 Å². The van der Waals surface area contributed by atoms with Gasteiger partial charge in [-0.2, -0.15) is 0 Å². The summed E-state index contributed by atoms with van der Waals surface area (Å²) in [6.45, 7) is 0.944. The van der Waals surface area contributed by atoms with Crippen LogP contribution in [-0.2, 0) is 6.54 Å². The molecule has 4 rings (SSSR count). The van der Waals surface area contributed by atoms with Gasteiger partial charge < -0.3 is 9.30 Å². The highest BCUT2D eigenvalue weighted by molar-refractivity contribution is 7.22. The van der Waals surface area contributed by atoms with Crippen LogP contribution in [0.5, 0.6) is 5.75 Å². The highest BCUT2D eigenvalue weighted by Crippen LogP contribution is 2.32. The minimum absolute atomic E-state index is 0. The van der Waals surface area contributed by atoms with E-state index in [1.165, 1.54) is 16.2 Å². The van der Waals surface area contributed by atoms with E-state index in [0.29, 0.717) is 42.0 Å². The van der Waals surface area contributed by atoms with Crippen molar-refractivity contribution >= 4 is 45.0 Å². The fourth-order valence-electron chi connectivity index (χ4n) is 3.06. The largest absolute Gasteiger partial charge is 0.497 e. The minimum atomic E-state index is -0.901. The van der Waals surface area contributed by atoms with E-state index in [-0.39, 0.29) is 18.0 Å². The molecule has 0 N–H and O–H groups in total. The molecule has 0 unspecified atom stereocenters. The van der Waals surface area contributed by atoms with Crippen molar-refractivity contribution in [3.05, 3.63) is 72.3 Å². The molecular weight excluding hydrogens is 446 g/mol. The predicted octanol–water partition coefficient (Wildman–Crippen LogP) is 4.94. The smallest absolute Gasteiger partial charge is 0.263 e. The third-order valence-electron chi connectivity index (χ3n) is 4.58. The Kier molecular flexibility index (Phi) is 7.19. The molecule has 2 heterocycles. The number of amides is 1. The number of carbonyl (C=O) groups excluding carboxylic acids is 1. The molecule has 0 bridgehead atoms. The van der Waals surface area contributed by atoms with E-state index < -0.39 is 17.5 Å². The van der Waals surface area contributed by atoms with Gasteiger partial charge in [0.15, 0.2) is 5.13 Å². The van der Waals surface area contributed by atoms with Crippen molar-refractivity contribution in [2.24, 2.45) is 0 Å². The molecule has 10 heteroatoms. The number of aromatic nitrogens is 3. The maximum Gasteiger partial charge on any atom is 0.263 e. The lowest BCUT2D eigenvalue weighted by atomic mass is 10.2. The van der Waals surface area contributed by atoms with Gasteiger partial charge in [-0.1, -0.05) is 11.3 Å². The van der Waals surface area contributed by atoms with Crippen LogP contribution in [-0.4, -0.2) is 34.1 Å². The molecule has 0 fully saturated rings. The van der Waals surface area contributed by atoms with E-state index in [9.17, 15) is 13.6 Å². The summed E-state index contributed by atoms with van der Waals surface area (Å²) in [4.78, 5) is 23.1. The van der Waals surface area contributed by atoms with Crippen molar-refractivity contribution in [2.45, 2.75) is 13.0 Å². The van der Waals surface area contributed by atoms with Crippen molar-refractivity contribution < 1.29 is 18.3 Å². The number of benzene rings is 2. The van der Waals surface area contributed by atoms with Gasteiger partial charge in [-0.25, -0.2) is 18.7 Å². The minimum Gasteiger partial charge on any atom is -0.497 e. The first-order valence-electron chi connectivity index (χ1n) is 9.22. The fraction of sp³-hybridized carbons (Fsp3) is 0.190. The summed E-state index contributed by atoms with van der Waals surface area (Å²) < 4.78 is 35.6. The zero-order valence-corrected chi connectivity index (χ0v) is 18.1. The van der Waals surface area contributed by atoms with Crippen molar-refractivity contribution in [1.82, 2.24) is 14.5 Å². The maximum atomic E-state index is 14.3. The van der Waals surface area contributed by atoms with Crippen LogP contribution in [0.25, 0.3) is 10.2 Å². The molecule has 162 valence electrons. The number of methoxy groups -OCH3 is 1. The molecule has 0 radical (unpaired) electrons. The molecule has 31 heavy (non-hydrogen) atoms. The second-order valence-corrected chi connectivity index (χ2v) is 7.57. The molecule has 4 aromatic rings. The lowest BCUT2D eigenvalue weighted by Gasteiger charge is -2.20. The van der Waals surface area contributed by atoms with Gasteiger partial charge in [0.05, 0.1) is 29.2 Å². The van der Waals surface area contributed by atoms with Crippen LogP contribution in [0.1, 0.15) is 16.8 Å². The Labute approximate surface area is 187 Å². The number of fused-ring (bicyclic) bond motifs is 1. The molecule has 2 aromatic heterocycles. The average molecular weight is 465 g/mol.